The van der Waals surface area contributed by atoms with E-state index >= 15 is 0 Å². The first-order chi connectivity index (χ1) is 22.1. The molecule has 7 aromatic rings. The number of rotatable bonds is 5. The number of thiophene rings is 1. The summed E-state index contributed by atoms with van der Waals surface area (Å²) in [5, 5.41) is 6.54. The van der Waals surface area contributed by atoms with E-state index in [4.69, 9.17) is 0 Å². The predicted octanol–water partition coefficient (Wildman–Crippen LogP) is 13.4. The fourth-order valence-corrected chi connectivity index (χ4v) is 7.52. The Balaban J connectivity index is 1.39. The summed E-state index contributed by atoms with van der Waals surface area (Å²) in [7, 11) is 0. The SMILES string of the molecule is CC(C)(C)c1cc(-c2ccc(Nc3c(-c4ccccc4)cc4c(sc5ccccc54)c3-c3ccccc3)cc2)cc(C(C)(C)C)c1. The van der Waals surface area contributed by atoms with Gasteiger partial charge in [0.1, 0.15) is 0 Å². The zero-order chi connectivity index (χ0) is 32.1. The highest BCUT2D eigenvalue weighted by Gasteiger charge is 2.22. The fourth-order valence-electron chi connectivity index (χ4n) is 6.27. The van der Waals surface area contributed by atoms with Crippen LogP contribution in [0.1, 0.15) is 52.7 Å². The first-order valence-electron chi connectivity index (χ1n) is 16.2. The highest BCUT2D eigenvalue weighted by atomic mass is 32.1. The smallest absolute Gasteiger partial charge is 0.0558 e. The number of anilines is 2. The maximum atomic E-state index is 3.93. The zero-order valence-electron chi connectivity index (χ0n) is 27.6. The van der Waals surface area contributed by atoms with E-state index < -0.39 is 0 Å². The van der Waals surface area contributed by atoms with Crippen LogP contribution < -0.4 is 5.32 Å². The van der Waals surface area contributed by atoms with Gasteiger partial charge in [0.2, 0.25) is 0 Å². The summed E-state index contributed by atoms with van der Waals surface area (Å²) in [5.41, 5.74) is 12.4. The molecule has 0 aliphatic carbocycles. The molecule has 228 valence electrons. The van der Waals surface area contributed by atoms with Gasteiger partial charge in [0.25, 0.3) is 0 Å². The zero-order valence-corrected chi connectivity index (χ0v) is 28.4. The quantitative estimate of drug-likeness (QED) is 0.203. The Morgan fingerprint density at radius 1 is 0.478 bits per heavy atom. The van der Waals surface area contributed by atoms with Crippen LogP contribution in [0.2, 0.25) is 0 Å². The van der Waals surface area contributed by atoms with E-state index in [0.717, 1.165) is 11.4 Å². The molecule has 46 heavy (non-hydrogen) atoms. The molecule has 0 unspecified atom stereocenters. The second-order valence-corrected chi connectivity index (χ2v) is 15.4. The molecule has 1 N–H and O–H groups in total. The molecule has 1 nitrogen and oxygen atoms in total. The lowest BCUT2D eigenvalue weighted by molar-refractivity contribution is 0.569. The first-order valence-corrected chi connectivity index (χ1v) is 17.0. The van der Waals surface area contributed by atoms with Crippen molar-refractivity contribution in [2.45, 2.75) is 52.4 Å². The van der Waals surface area contributed by atoms with Crippen molar-refractivity contribution < 1.29 is 0 Å². The summed E-state index contributed by atoms with van der Waals surface area (Å²) >= 11 is 1.88. The molecule has 0 radical (unpaired) electrons. The average molecular weight is 616 g/mol. The van der Waals surface area contributed by atoms with Gasteiger partial charge in [-0.2, -0.15) is 0 Å². The third kappa shape index (κ3) is 5.74. The average Bonchev–Trinajstić information content (AvgIpc) is 3.43. The van der Waals surface area contributed by atoms with Gasteiger partial charge in [-0.1, -0.05) is 151 Å². The van der Waals surface area contributed by atoms with Crippen LogP contribution in [0.4, 0.5) is 11.4 Å². The Labute approximate surface area is 277 Å². The number of benzene rings is 6. The van der Waals surface area contributed by atoms with Gasteiger partial charge in [-0.15, -0.1) is 11.3 Å². The van der Waals surface area contributed by atoms with Crippen molar-refractivity contribution in [1.82, 2.24) is 0 Å². The van der Waals surface area contributed by atoms with E-state index in [-0.39, 0.29) is 10.8 Å². The van der Waals surface area contributed by atoms with E-state index in [2.05, 4.69) is 180 Å². The van der Waals surface area contributed by atoms with Crippen LogP contribution in [0.3, 0.4) is 0 Å². The lowest BCUT2D eigenvalue weighted by Crippen LogP contribution is -2.16. The third-order valence-electron chi connectivity index (χ3n) is 8.97. The summed E-state index contributed by atoms with van der Waals surface area (Å²) in [6, 6.07) is 48.9. The van der Waals surface area contributed by atoms with E-state index in [1.807, 2.05) is 11.3 Å². The van der Waals surface area contributed by atoms with Gasteiger partial charge in [0, 0.05) is 37.0 Å². The fraction of sp³-hybridized carbons (Fsp3) is 0.182. The lowest BCUT2D eigenvalue weighted by atomic mass is 9.79. The summed E-state index contributed by atoms with van der Waals surface area (Å²) in [5.74, 6) is 0. The van der Waals surface area contributed by atoms with Crippen molar-refractivity contribution in [3.63, 3.8) is 0 Å². The Bertz CT molecular complexity index is 2120. The Kier molecular flexibility index (Phi) is 7.57. The van der Waals surface area contributed by atoms with Crippen LogP contribution in [0, 0.1) is 0 Å². The van der Waals surface area contributed by atoms with Crippen molar-refractivity contribution in [2.24, 2.45) is 0 Å². The highest BCUT2D eigenvalue weighted by molar-refractivity contribution is 7.26. The van der Waals surface area contributed by atoms with Crippen LogP contribution in [0.25, 0.3) is 53.6 Å². The van der Waals surface area contributed by atoms with Crippen LogP contribution in [-0.4, -0.2) is 0 Å². The molecule has 2 heteroatoms. The van der Waals surface area contributed by atoms with Gasteiger partial charge in [-0.25, -0.2) is 0 Å². The minimum atomic E-state index is 0.0738. The number of nitrogens with one attached hydrogen (secondary N) is 1. The highest BCUT2D eigenvalue weighted by Crippen LogP contribution is 2.49. The summed E-state index contributed by atoms with van der Waals surface area (Å²) in [4.78, 5) is 0. The van der Waals surface area contributed by atoms with E-state index in [1.165, 1.54) is 64.7 Å². The molecule has 0 fully saturated rings. The first kappa shape index (κ1) is 30.0. The van der Waals surface area contributed by atoms with Crippen molar-refractivity contribution >= 4 is 42.9 Å². The third-order valence-corrected chi connectivity index (χ3v) is 10.2. The molecule has 0 aliphatic rings. The Morgan fingerprint density at radius 3 is 1.65 bits per heavy atom. The van der Waals surface area contributed by atoms with E-state index in [9.17, 15) is 0 Å². The monoisotopic (exact) mass is 615 g/mol. The largest absolute Gasteiger partial charge is 0.354 e. The van der Waals surface area contributed by atoms with Crippen molar-refractivity contribution in [2.75, 3.05) is 5.32 Å². The molecule has 0 amide bonds. The van der Waals surface area contributed by atoms with E-state index in [1.54, 1.807) is 0 Å². The van der Waals surface area contributed by atoms with Crippen LogP contribution >= 0.6 is 11.3 Å². The van der Waals surface area contributed by atoms with Gasteiger partial charge < -0.3 is 5.32 Å². The predicted molar refractivity (Wildman–Crippen MR) is 203 cm³/mol. The summed E-state index contributed by atoms with van der Waals surface area (Å²) < 4.78 is 2.61. The minimum absolute atomic E-state index is 0.0738. The number of fused-ring (bicyclic) bond motifs is 3. The molecular formula is C44H41NS. The lowest BCUT2D eigenvalue weighted by Gasteiger charge is -2.26. The van der Waals surface area contributed by atoms with Crippen LogP contribution in [0.15, 0.2) is 133 Å². The molecule has 0 bridgehead atoms. The molecule has 6 aromatic carbocycles. The summed E-state index contributed by atoms with van der Waals surface area (Å²) in [6.45, 7) is 13.8. The van der Waals surface area contributed by atoms with Crippen molar-refractivity contribution in [1.29, 1.82) is 0 Å². The topological polar surface area (TPSA) is 12.0 Å². The summed E-state index contributed by atoms with van der Waals surface area (Å²) in [6.07, 6.45) is 0. The van der Waals surface area contributed by atoms with Gasteiger partial charge in [0.05, 0.1) is 5.69 Å². The maximum Gasteiger partial charge on any atom is 0.0558 e. The second-order valence-electron chi connectivity index (χ2n) is 14.4. The van der Waals surface area contributed by atoms with Gasteiger partial charge in [0.15, 0.2) is 0 Å². The van der Waals surface area contributed by atoms with Crippen LogP contribution in [-0.2, 0) is 10.8 Å². The number of hydrogen-bond acceptors (Lipinski definition) is 2. The molecular weight excluding hydrogens is 575 g/mol. The maximum absolute atomic E-state index is 3.93. The van der Waals surface area contributed by atoms with E-state index in [0.29, 0.717) is 0 Å². The van der Waals surface area contributed by atoms with Gasteiger partial charge >= 0.3 is 0 Å². The second kappa shape index (κ2) is 11.6. The van der Waals surface area contributed by atoms with Crippen molar-refractivity contribution in [3.8, 4) is 33.4 Å². The van der Waals surface area contributed by atoms with Crippen molar-refractivity contribution in [3.05, 3.63) is 145 Å². The molecule has 7 rings (SSSR count). The Hall–Kier alpha value is -4.66. The van der Waals surface area contributed by atoms with Gasteiger partial charge in [-0.05, 0) is 68.5 Å². The molecule has 0 aliphatic heterocycles. The molecule has 0 spiro atoms. The van der Waals surface area contributed by atoms with Crippen LogP contribution in [0.5, 0.6) is 0 Å². The molecule has 1 heterocycles. The molecule has 0 atom stereocenters. The standard InChI is InChI=1S/C44H41NS/c1-43(2,3)33-25-32(26-34(27-33)44(4,5)6)29-21-23-35(24-22-29)45-41-37(30-15-9-7-10-16-30)28-38-36-19-13-14-20-39(36)46-42(38)40(41)31-17-11-8-12-18-31/h7-28,45H,1-6H3. The molecule has 1 aromatic heterocycles. The minimum Gasteiger partial charge on any atom is -0.354 e. The molecule has 0 saturated carbocycles. The number of hydrogen-bond donors (Lipinski definition) is 1. The molecule has 0 saturated heterocycles. The van der Waals surface area contributed by atoms with Gasteiger partial charge in [-0.3, -0.25) is 0 Å². The normalized spacial score (nSPS) is 12.1. The Morgan fingerprint density at radius 2 is 1.04 bits per heavy atom.